The standard InChI is InChI=1S/C11H11NOS/c12-8-7-9-1-3-10(4-2-9)14(13)11-5-6-11/h1-4,11H,5-7H2. The van der Waals surface area contributed by atoms with Crippen molar-refractivity contribution in [2.45, 2.75) is 29.4 Å². The zero-order chi connectivity index (χ0) is 9.97. The van der Waals surface area contributed by atoms with Crippen LogP contribution in [0.2, 0.25) is 0 Å². The Bertz CT molecular complexity index is 387. The van der Waals surface area contributed by atoms with Gasteiger partial charge in [-0.05, 0) is 30.5 Å². The molecule has 0 N–H and O–H groups in total. The number of nitriles is 1. The summed E-state index contributed by atoms with van der Waals surface area (Å²) >= 11 is 0. The van der Waals surface area contributed by atoms with Gasteiger partial charge in [0.05, 0.1) is 23.3 Å². The highest BCUT2D eigenvalue weighted by Gasteiger charge is 2.29. The van der Waals surface area contributed by atoms with Gasteiger partial charge in [-0.15, -0.1) is 0 Å². The molecule has 1 saturated carbocycles. The van der Waals surface area contributed by atoms with E-state index in [-0.39, 0.29) is 0 Å². The third-order valence-electron chi connectivity index (χ3n) is 2.27. The van der Waals surface area contributed by atoms with Crippen molar-refractivity contribution in [3.8, 4) is 6.07 Å². The van der Waals surface area contributed by atoms with Crippen LogP contribution in [0.3, 0.4) is 0 Å². The molecule has 0 aromatic heterocycles. The summed E-state index contributed by atoms with van der Waals surface area (Å²) in [6.45, 7) is 0. The van der Waals surface area contributed by atoms with Crippen LogP contribution in [0.1, 0.15) is 18.4 Å². The van der Waals surface area contributed by atoms with E-state index in [1.165, 1.54) is 0 Å². The molecule has 0 radical (unpaired) electrons. The van der Waals surface area contributed by atoms with Gasteiger partial charge in [0, 0.05) is 10.1 Å². The smallest absolute Gasteiger partial charge is 0.0669 e. The molecule has 1 aromatic rings. The second-order valence-corrected chi connectivity index (χ2v) is 5.21. The summed E-state index contributed by atoms with van der Waals surface area (Å²) < 4.78 is 11.7. The van der Waals surface area contributed by atoms with Crippen molar-refractivity contribution in [2.75, 3.05) is 0 Å². The first kappa shape index (κ1) is 9.42. The van der Waals surface area contributed by atoms with E-state index in [9.17, 15) is 4.21 Å². The fraction of sp³-hybridized carbons (Fsp3) is 0.364. The van der Waals surface area contributed by atoms with Crippen LogP contribution < -0.4 is 0 Å². The van der Waals surface area contributed by atoms with Crippen molar-refractivity contribution in [1.82, 2.24) is 0 Å². The van der Waals surface area contributed by atoms with Crippen LogP contribution in [0.15, 0.2) is 29.2 Å². The van der Waals surface area contributed by atoms with Crippen molar-refractivity contribution in [3.05, 3.63) is 29.8 Å². The minimum absolute atomic E-state index is 0.386. The Balaban J connectivity index is 2.13. The molecule has 0 amide bonds. The van der Waals surface area contributed by atoms with Crippen molar-refractivity contribution in [1.29, 1.82) is 5.26 Å². The highest BCUT2D eigenvalue weighted by atomic mass is 32.2. The lowest BCUT2D eigenvalue weighted by Crippen LogP contribution is -1.97. The van der Waals surface area contributed by atoms with Gasteiger partial charge in [-0.1, -0.05) is 12.1 Å². The van der Waals surface area contributed by atoms with Crippen LogP contribution in [0.5, 0.6) is 0 Å². The summed E-state index contributed by atoms with van der Waals surface area (Å²) in [6, 6.07) is 9.62. The van der Waals surface area contributed by atoms with Crippen molar-refractivity contribution in [3.63, 3.8) is 0 Å². The van der Waals surface area contributed by atoms with E-state index >= 15 is 0 Å². The second-order valence-electron chi connectivity index (χ2n) is 3.48. The van der Waals surface area contributed by atoms with E-state index in [1.54, 1.807) is 0 Å². The zero-order valence-electron chi connectivity index (χ0n) is 7.77. The summed E-state index contributed by atoms with van der Waals surface area (Å²) in [6.07, 6.45) is 2.61. The molecular formula is C11H11NOS. The largest absolute Gasteiger partial charge is 0.254 e. The number of rotatable bonds is 3. The molecule has 0 bridgehead atoms. The Labute approximate surface area is 86.0 Å². The lowest BCUT2D eigenvalue weighted by molar-refractivity contribution is 0.682. The molecule has 2 rings (SSSR count). The van der Waals surface area contributed by atoms with Gasteiger partial charge in [0.25, 0.3) is 0 Å². The molecule has 14 heavy (non-hydrogen) atoms. The average molecular weight is 205 g/mol. The van der Waals surface area contributed by atoms with Gasteiger partial charge in [-0.2, -0.15) is 5.26 Å². The number of nitrogens with zero attached hydrogens (tertiary/aromatic N) is 1. The van der Waals surface area contributed by atoms with Gasteiger partial charge in [0.15, 0.2) is 0 Å². The van der Waals surface area contributed by atoms with E-state index in [0.717, 1.165) is 23.3 Å². The molecule has 0 saturated heterocycles. The van der Waals surface area contributed by atoms with E-state index in [1.807, 2.05) is 24.3 Å². The predicted molar refractivity (Wildman–Crippen MR) is 55.2 cm³/mol. The van der Waals surface area contributed by atoms with Gasteiger partial charge >= 0.3 is 0 Å². The Hall–Kier alpha value is -1.14. The summed E-state index contributed by atoms with van der Waals surface area (Å²) in [5.74, 6) is 0. The number of hydrogen-bond acceptors (Lipinski definition) is 2. The van der Waals surface area contributed by atoms with Crippen LogP contribution in [0, 0.1) is 11.3 Å². The minimum Gasteiger partial charge on any atom is -0.254 e. The van der Waals surface area contributed by atoms with Gasteiger partial charge in [-0.3, -0.25) is 4.21 Å². The van der Waals surface area contributed by atoms with Crippen LogP contribution in [-0.2, 0) is 17.2 Å². The van der Waals surface area contributed by atoms with Crippen molar-refractivity contribution < 1.29 is 4.21 Å². The van der Waals surface area contributed by atoms with Crippen LogP contribution in [-0.4, -0.2) is 9.46 Å². The Kier molecular flexibility index (Phi) is 2.64. The van der Waals surface area contributed by atoms with Gasteiger partial charge < -0.3 is 0 Å². The molecule has 1 unspecified atom stereocenters. The first-order valence-corrected chi connectivity index (χ1v) is 5.89. The summed E-state index contributed by atoms with van der Waals surface area (Å²) in [5, 5.41) is 8.87. The second kappa shape index (κ2) is 3.93. The third-order valence-corrected chi connectivity index (χ3v) is 4.08. The SMILES string of the molecule is N#CCc1ccc(S(=O)C2CC2)cc1. The molecule has 1 atom stereocenters. The van der Waals surface area contributed by atoms with Gasteiger partial charge in [-0.25, -0.2) is 0 Å². The summed E-state index contributed by atoms with van der Waals surface area (Å²) in [7, 11) is -0.819. The lowest BCUT2D eigenvalue weighted by atomic mass is 10.2. The Morgan fingerprint density at radius 2 is 2.00 bits per heavy atom. The first-order chi connectivity index (χ1) is 6.81. The maximum absolute atomic E-state index is 11.7. The number of hydrogen-bond donors (Lipinski definition) is 0. The molecule has 1 aliphatic rings. The fourth-order valence-corrected chi connectivity index (χ4v) is 2.66. The number of benzene rings is 1. The molecule has 72 valence electrons. The Morgan fingerprint density at radius 3 is 2.50 bits per heavy atom. The minimum atomic E-state index is -0.819. The normalized spacial score (nSPS) is 17.4. The Morgan fingerprint density at radius 1 is 1.36 bits per heavy atom. The molecule has 0 spiro atoms. The molecule has 0 heterocycles. The molecule has 1 aromatic carbocycles. The molecule has 3 heteroatoms. The maximum atomic E-state index is 11.7. The topological polar surface area (TPSA) is 40.9 Å². The lowest BCUT2D eigenvalue weighted by Gasteiger charge is -2.00. The van der Waals surface area contributed by atoms with E-state index in [0.29, 0.717) is 11.7 Å². The van der Waals surface area contributed by atoms with E-state index in [4.69, 9.17) is 5.26 Å². The first-order valence-electron chi connectivity index (χ1n) is 4.68. The molecular weight excluding hydrogens is 194 g/mol. The maximum Gasteiger partial charge on any atom is 0.0669 e. The molecule has 1 fully saturated rings. The van der Waals surface area contributed by atoms with Crippen LogP contribution >= 0.6 is 0 Å². The van der Waals surface area contributed by atoms with Crippen LogP contribution in [0.25, 0.3) is 0 Å². The highest BCUT2D eigenvalue weighted by molar-refractivity contribution is 7.86. The van der Waals surface area contributed by atoms with Gasteiger partial charge in [0.1, 0.15) is 0 Å². The third kappa shape index (κ3) is 2.02. The quantitative estimate of drug-likeness (QED) is 0.757. The zero-order valence-corrected chi connectivity index (χ0v) is 8.59. The predicted octanol–water partition coefficient (Wildman–Crippen LogP) is 2.02. The van der Waals surface area contributed by atoms with Crippen molar-refractivity contribution >= 4 is 10.8 Å². The fourth-order valence-electron chi connectivity index (χ4n) is 1.31. The van der Waals surface area contributed by atoms with Crippen molar-refractivity contribution in [2.24, 2.45) is 0 Å². The molecule has 1 aliphatic carbocycles. The van der Waals surface area contributed by atoms with Crippen LogP contribution in [0.4, 0.5) is 0 Å². The molecule has 0 aliphatic heterocycles. The monoisotopic (exact) mass is 205 g/mol. The summed E-state index contributed by atoms with van der Waals surface area (Å²) in [5.41, 5.74) is 0.990. The summed E-state index contributed by atoms with van der Waals surface area (Å²) in [4.78, 5) is 0.897. The average Bonchev–Trinajstić information content (AvgIpc) is 3.02. The molecule has 2 nitrogen and oxygen atoms in total. The van der Waals surface area contributed by atoms with E-state index < -0.39 is 10.8 Å². The van der Waals surface area contributed by atoms with Gasteiger partial charge in [0.2, 0.25) is 0 Å². The highest BCUT2D eigenvalue weighted by Crippen LogP contribution is 2.30. The van der Waals surface area contributed by atoms with E-state index in [2.05, 4.69) is 6.07 Å².